The highest BCUT2D eigenvalue weighted by Crippen LogP contribution is 2.34. The first-order valence-corrected chi connectivity index (χ1v) is 7.52. The maximum atomic E-state index is 6.39. The molecule has 110 valence electrons. The van der Waals surface area contributed by atoms with Gasteiger partial charge < -0.3 is 15.2 Å². The summed E-state index contributed by atoms with van der Waals surface area (Å²) in [6.07, 6.45) is 2.60. The monoisotopic (exact) mass is 276 g/mol. The molecule has 1 aromatic rings. The summed E-state index contributed by atoms with van der Waals surface area (Å²) in [5.74, 6) is 2.41. The largest absolute Gasteiger partial charge is 0.454 e. The average Bonchev–Trinajstić information content (AvgIpc) is 2.90. The second-order valence-electron chi connectivity index (χ2n) is 6.20. The lowest BCUT2D eigenvalue weighted by Crippen LogP contribution is -2.44. The third-order valence-electron chi connectivity index (χ3n) is 4.50. The molecule has 1 aromatic carbocycles. The van der Waals surface area contributed by atoms with Gasteiger partial charge in [0, 0.05) is 25.2 Å². The second kappa shape index (κ2) is 5.62. The molecule has 0 aromatic heterocycles. The minimum absolute atomic E-state index is 0.0252. The number of fused-ring (bicyclic) bond motifs is 1. The van der Waals surface area contributed by atoms with Crippen LogP contribution >= 0.6 is 0 Å². The third-order valence-corrected chi connectivity index (χ3v) is 4.50. The number of rotatable bonds is 3. The molecule has 4 nitrogen and oxygen atoms in total. The fourth-order valence-electron chi connectivity index (χ4n) is 3.14. The van der Waals surface area contributed by atoms with Crippen LogP contribution in [0.2, 0.25) is 0 Å². The number of nitrogens with two attached hydrogens (primary N) is 1. The number of benzene rings is 1. The summed E-state index contributed by atoms with van der Waals surface area (Å²) in [7, 11) is 0. The van der Waals surface area contributed by atoms with Crippen molar-refractivity contribution in [2.75, 3.05) is 19.9 Å². The van der Waals surface area contributed by atoms with E-state index < -0.39 is 0 Å². The molecule has 4 heteroatoms. The van der Waals surface area contributed by atoms with Crippen LogP contribution < -0.4 is 15.2 Å². The molecule has 2 heterocycles. The topological polar surface area (TPSA) is 47.7 Å². The minimum atomic E-state index is 0.0252. The number of likely N-dealkylation sites (tertiary alicyclic amines) is 1. The van der Waals surface area contributed by atoms with Crippen molar-refractivity contribution in [2.45, 2.75) is 38.8 Å². The van der Waals surface area contributed by atoms with E-state index in [1.165, 1.54) is 12.8 Å². The highest BCUT2D eigenvalue weighted by molar-refractivity contribution is 5.45. The number of nitrogens with zero attached hydrogens (tertiary/aromatic N) is 1. The molecule has 0 spiro atoms. The summed E-state index contributed by atoms with van der Waals surface area (Å²) < 4.78 is 10.8. The van der Waals surface area contributed by atoms with Gasteiger partial charge in [-0.05, 0) is 43.4 Å². The first-order valence-electron chi connectivity index (χ1n) is 7.52. The molecule has 2 N–H and O–H groups in total. The van der Waals surface area contributed by atoms with Gasteiger partial charge in [-0.1, -0.05) is 13.0 Å². The Morgan fingerprint density at radius 2 is 2.05 bits per heavy atom. The molecule has 0 amide bonds. The predicted molar refractivity (Wildman–Crippen MR) is 78.9 cm³/mol. The molecule has 0 radical (unpaired) electrons. The number of ether oxygens (including phenoxy) is 2. The van der Waals surface area contributed by atoms with Gasteiger partial charge in [-0.15, -0.1) is 0 Å². The highest BCUT2D eigenvalue weighted by Gasteiger charge is 2.25. The van der Waals surface area contributed by atoms with Crippen LogP contribution in [0, 0.1) is 5.92 Å². The van der Waals surface area contributed by atoms with E-state index in [2.05, 4.69) is 24.8 Å². The lowest BCUT2D eigenvalue weighted by atomic mass is 9.94. The van der Waals surface area contributed by atoms with E-state index in [1.54, 1.807) is 0 Å². The molecule has 0 bridgehead atoms. The smallest absolute Gasteiger partial charge is 0.231 e. The molecular formula is C16H24N2O2. The Hall–Kier alpha value is -1.26. The molecule has 20 heavy (non-hydrogen) atoms. The quantitative estimate of drug-likeness (QED) is 0.921. The van der Waals surface area contributed by atoms with Crippen LogP contribution in [0.25, 0.3) is 0 Å². The maximum Gasteiger partial charge on any atom is 0.231 e. The molecule has 0 aliphatic carbocycles. The Morgan fingerprint density at radius 3 is 2.90 bits per heavy atom. The first kappa shape index (κ1) is 13.7. The number of hydrogen-bond donors (Lipinski definition) is 1. The van der Waals surface area contributed by atoms with Crippen LogP contribution in [0.3, 0.4) is 0 Å². The zero-order chi connectivity index (χ0) is 14.1. The van der Waals surface area contributed by atoms with Gasteiger partial charge >= 0.3 is 0 Å². The maximum absolute atomic E-state index is 6.39. The van der Waals surface area contributed by atoms with E-state index in [-0.39, 0.29) is 6.04 Å². The van der Waals surface area contributed by atoms with Crippen LogP contribution in [-0.4, -0.2) is 30.8 Å². The SMILES string of the molecule is CC1CCC(C)N(CC(N)c2ccc3c(c2)OCO3)C1. The molecule has 1 fully saturated rings. The van der Waals surface area contributed by atoms with E-state index in [0.29, 0.717) is 12.8 Å². The third kappa shape index (κ3) is 2.76. The summed E-state index contributed by atoms with van der Waals surface area (Å²) in [5, 5.41) is 0. The summed E-state index contributed by atoms with van der Waals surface area (Å²) in [4.78, 5) is 2.52. The fourth-order valence-corrected chi connectivity index (χ4v) is 3.14. The van der Waals surface area contributed by atoms with E-state index >= 15 is 0 Å². The summed E-state index contributed by atoms with van der Waals surface area (Å²) in [6.45, 7) is 7.00. The second-order valence-corrected chi connectivity index (χ2v) is 6.20. The lowest BCUT2D eigenvalue weighted by Gasteiger charge is -2.38. The van der Waals surface area contributed by atoms with Gasteiger partial charge in [0.05, 0.1) is 0 Å². The molecule has 2 aliphatic rings. The van der Waals surface area contributed by atoms with Crippen LogP contribution in [0.15, 0.2) is 18.2 Å². The van der Waals surface area contributed by atoms with Crippen molar-refractivity contribution < 1.29 is 9.47 Å². The van der Waals surface area contributed by atoms with Crippen molar-refractivity contribution in [1.82, 2.24) is 4.90 Å². The Bertz CT molecular complexity index is 478. The van der Waals surface area contributed by atoms with Crippen LogP contribution in [0.5, 0.6) is 11.5 Å². The van der Waals surface area contributed by atoms with Crippen molar-refractivity contribution in [3.05, 3.63) is 23.8 Å². The van der Waals surface area contributed by atoms with Crippen LogP contribution in [0.4, 0.5) is 0 Å². The van der Waals surface area contributed by atoms with E-state index in [4.69, 9.17) is 15.2 Å². The number of piperidine rings is 1. The van der Waals surface area contributed by atoms with Crippen molar-refractivity contribution in [1.29, 1.82) is 0 Å². The zero-order valence-corrected chi connectivity index (χ0v) is 12.3. The van der Waals surface area contributed by atoms with Crippen LogP contribution in [0.1, 0.15) is 38.3 Å². The number of hydrogen-bond acceptors (Lipinski definition) is 4. The molecule has 3 rings (SSSR count). The van der Waals surface area contributed by atoms with Crippen molar-refractivity contribution in [2.24, 2.45) is 11.7 Å². The Balaban J connectivity index is 1.68. The molecule has 1 saturated heterocycles. The van der Waals surface area contributed by atoms with Crippen LogP contribution in [-0.2, 0) is 0 Å². The van der Waals surface area contributed by atoms with E-state index in [1.807, 2.05) is 12.1 Å². The van der Waals surface area contributed by atoms with Crippen molar-refractivity contribution in [3.8, 4) is 11.5 Å². The van der Waals surface area contributed by atoms with Gasteiger partial charge in [-0.3, -0.25) is 4.90 Å². The van der Waals surface area contributed by atoms with Gasteiger partial charge in [0.1, 0.15) is 0 Å². The minimum Gasteiger partial charge on any atom is -0.454 e. The molecule has 3 atom stereocenters. The van der Waals surface area contributed by atoms with Gasteiger partial charge in [0.25, 0.3) is 0 Å². The standard InChI is InChI=1S/C16H24N2O2/c1-11-3-4-12(2)18(8-11)9-14(17)13-5-6-15-16(7-13)20-10-19-15/h5-7,11-12,14H,3-4,8-10,17H2,1-2H3. The summed E-state index contributed by atoms with van der Waals surface area (Å²) >= 11 is 0. The van der Waals surface area contributed by atoms with Gasteiger partial charge in [-0.25, -0.2) is 0 Å². The van der Waals surface area contributed by atoms with E-state index in [0.717, 1.165) is 36.1 Å². The Kier molecular flexibility index (Phi) is 3.85. The Labute approximate surface area is 120 Å². The molecule has 2 aliphatic heterocycles. The van der Waals surface area contributed by atoms with Gasteiger partial charge in [0.2, 0.25) is 6.79 Å². The Morgan fingerprint density at radius 1 is 1.25 bits per heavy atom. The highest BCUT2D eigenvalue weighted by atomic mass is 16.7. The lowest BCUT2D eigenvalue weighted by molar-refractivity contribution is 0.117. The summed E-state index contributed by atoms with van der Waals surface area (Å²) in [5.41, 5.74) is 7.51. The molecular weight excluding hydrogens is 252 g/mol. The van der Waals surface area contributed by atoms with Crippen molar-refractivity contribution in [3.63, 3.8) is 0 Å². The zero-order valence-electron chi connectivity index (χ0n) is 12.3. The molecule has 3 unspecified atom stereocenters. The van der Waals surface area contributed by atoms with Gasteiger partial charge in [0.15, 0.2) is 11.5 Å². The predicted octanol–water partition coefficient (Wildman–Crippen LogP) is 2.54. The first-order chi connectivity index (χ1) is 9.63. The van der Waals surface area contributed by atoms with Crippen molar-refractivity contribution >= 4 is 0 Å². The average molecular weight is 276 g/mol. The normalized spacial score (nSPS) is 27.6. The summed E-state index contributed by atoms with van der Waals surface area (Å²) in [6, 6.07) is 6.68. The fraction of sp³-hybridized carbons (Fsp3) is 0.625. The molecule has 0 saturated carbocycles. The van der Waals surface area contributed by atoms with E-state index in [9.17, 15) is 0 Å². The van der Waals surface area contributed by atoms with Gasteiger partial charge in [-0.2, -0.15) is 0 Å².